The van der Waals surface area contributed by atoms with Crippen LogP contribution in [0.25, 0.3) is 0 Å². The minimum Gasteiger partial charge on any atom is -0.450 e. The quantitative estimate of drug-likeness (QED) is 0.712. The van der Waals surface area contributed by atoms with Gasteiger partial charge in [0.15, 0.2) is 0 Å². The predicted octanol–water partition coefficient (Wildman–Crippen LogP) is 2.33. The molecule has 0 atom stereocenters. The van der Waals surface area contributed by atoms with Gasteiger partial charge in [0.2, 0.25) is 5.91 Å². The summed E-state index contributed by atoms with van der Waals surface area (Å²) in [6.07, 6.45) is -0.344. The monoisotopic (exact) mass is 424 g/mol. The van der Waals surface area contributed by atoms with Gasteiger partial charge in [-0.05, 0) is 24.6 Å². The fourth-order valence-electron chi connectivity index (χ4n) is 3.34. The molecule has 0 aliphatic carbocycles. The third-order valence-electron chi connectivity index (χ3n) is 5.06. The molecule has 0 spiro atoms. The van der Waals surface area contributed by atoms with Gasteiger partial charge >= 0.3 is 6.09 Å². The Hall–Kier alpha value is -3.55. The zero-order chi connectivity index (χ0) is 22.1. The molecule has 1 aliphatic rings. The smallest absolute Gasteiger partial charge is 0.409 e. The summed E-state index contributed by atoms with van der Waals surface area (Å²) >= 11 is 0. The van der Waals surface area contributed by atoms with Gasteiger partial charge in [0.1, 0.15) is 0 Å². The van der Waals surface area contributed by atoms with Crippen molar-refractivity contribution in [3.05, 3.63) is 65.7 Å². The molecule has 2 aromatic carbocycles. The van der Waals surface area contributed by atoms with Gasteiger partial charge in [-0.3, -0.25) is 9.59 Å². The molecule has 3 rings (SSSR count). The molecule has 2 N–H and O–H groups in total. The maximum absolute atomic E-state index is 12.6. The normalized spacial score (nSPS) is 13.5. The maximum atomic E-state index is 12.6. The van der Waals surface area contributed by atoms with E-state index in [1.807, 2.05) is 36.4 Å². The van der Waals surface area contributed by atoms with E-state index in [-0.39, 0.29) is 24.5 Å². The van der Waals surface area contributed by atoms with Crippen LogP contribution in [0.4, 0.5) is 10.5 Å². The van der Waals surface area contributed by atoms with Gasteiger partial charge < -0.3 is 25.2 Å². The first-order valence-corrected chi connectivity index (χ1v) is 10.4. The number of carbonyl (C=O) groups is 3. The van der Waals surface area contributed by atoms with E-state index in [0.29, 0.717) is 50.6 Å². The van der Waals surface area contributed by atoms with E-state index in [4.69, 9.17) is 4.74 Å². The number of piperazine rings is 1. The van der Waals surface area contributed by atoms with E-state index in [9.17, 15) is 14.4 Å². The van der Waals surface area contributed by atoms with Crippen LogP contribution < -0.4 is 10.6 Å². The molecule has 0 bridgehead atoms. The topological polar surface area (TPSA) is 91.0 Å². The first kappa shape index (κ1) is 22.1. The number of nitrogens with one attached hydrogen (secondary N) is 2. The summed E-state index contributed by atoms with van der Waals surface area (Å²) in [5.41, 5.74) is 2.10. The lowest BCUT2D eigenvalue weighted by Gasteiger charge is -2.34. The SMILES string of the molecule is CCOC(=O)N1CCN(C(=O)CNc2ccccc2C(=O)NCc2ccccc2)CC1. The van der Waals surface area contributed by atoms with Crippen LogP contribution in [0.15, 0.2) is 54.6 Å². The Bertz CT molecular complexity index is 895. The van der Waals surface area contributed by atoms with Crippen molar-refractivity contribution < 1.29 is 19.1 Å². The van der Waals surface area contributed by atoms with Gasteiger partial charge in [-0.2, -0.15) is 0 Å². The highest BCUT2D eigenvalue weighted by Gasteiger charge is 2.24. The van der Waals surface area contributed by atoms with Gasteiger partial charge in [-0.1, -0.05) is 42.5 Å². The minimum absolute atomic E-state index is 0.0718. The first-order chi connectivity index (χ1) is 15.1. The molecule has 8 nitrogen and oxygen atoms in total. The number of ether oxygens (including phenoxy) is 1. The molecule has 1 fully saturated rings. The second-order valence-corrected chi connectivity index (χ2v) is 7.13. The Kier molecular flexibility index (Phi) is 7.86. The molecule has 0 radical (unpaired) electrons. The van der Waals surface area contributed by atoms with Crippen molar-refractivity contribution in [1.29, 1.82) is 0 Å². The molecule has 164 valence electrons. The predicted molar refractivity (Wildman–Crippen MR) is 118 cm³/mol. The molecule has 1 heterocycles. The van der Waals surface area contributed by atoms with Crippen LogP contribution in [0.2, 0.25) is 0 Å². The van der Waals surface area contributed by atoms with Gasteiger partial charge in [0.25, 0.3) is 5.91 Å². The highest BCUT2D eigenvalue weighted by molar-refractivity contribution is 6.00. The van der Waals surface area contributed by atoms with Crippen molar-refractivity contribution in [2.45, 2.75) is 13.5 Å². The van der Waals surface area contributed by atoms with E-state index < -0.39 is 0 Å². The lowest BCUT2D eigenvalue weighted by atomic mass is 10.1. The molecule has 31 heavy (non-hydrogen) atoms. The van der Waals surface area contributed by atoms with Crippen molar-refractivity contribution >= 4 is 23.6 Å². The van der Waals surface area contributed by atoms with Crippen molar-refractivity contribution in [2.75, 3.05) is 44.6 Å². The fraction of sp³-hybridized carbons (Fsp3) is 0.348. The van der Waals surface area contributed by atoms with Crippen molar-refractivity contribution in [1.82, 2.24) is 15.1 Å². The van der Waals surface area contributed by atoms with Gasteiger partial charge in [0.05, 0.1) is 18.7 Å². The van der Waals surface area contributed by atoms with Crippen LogP contribution in [0, 0.1) is 0 Å². The number of amides is 3. The number of para-hydroxylation sites is 1. The molecule has 1 aliphatic heterocycles. The Balaban J connectivity index is 1.51. The van der Waals surface area contributed by atoms with Crippen LogP contribution in [-0.2, 0) is 16.1 Å². The third-order valence-corrected chi connectivity index (χ3v) is 5.06. The zero-order valence-corrected chi connectivity index (χ0v) is 17.7. The Labute approximate surface area is 182 Å². The van der Waals surface area contributed by atoms with E-state index in [1.165, 1.54) is 0 Å². The van der Waals surface area contributed by atoms with E-state index in [1.54, 1.807) is 34.9 Å². The average molecular weight is 425 g/mol. The summed E-state index contributed by atoms with van der Waals surface area (Å²) < 4.78 is 5.00. The lowest BCUT2D eigenvalue weighted by Crippen LogP contribution is -2.51. The highest BCUT2D eigenvalue weighted by Crippen LogP contribution is 2.15. The molecular weight excluding hydrogens is 396 g/mol. The van der Waals surface area contributed by atoms with Crippen LogP contribution in [-0.4, -0.2) is 67.0 Å². The second kappa shape index (κ2) is 11.0. The number of hydrogen-bond donors (Lipinski definition) is 2. The number of rotatable bonds is 7. The Morgan fingerprint density at radius 2 is 1.55 bits per heavy atom. The molecule has 2 aromatic rings. The summed E-state index contributed by atoms with van der Waals surface area (Å²) in [4.78, 5) is 40.3. The van der Waals surface area contributed by atoms with E-state index in [2.05, 4.69) is 10.6 Å². The van der Waals surface area contributed by atoms with Crippen molar-refractivity contribution in [3.63, 3.8) is 0 Å². The average Bonchev–Trinajstić information content (AvgIpc) is 2.82. The highest BCUT2D eigenvalue weighted by atomic mass is 16.6. The van der Waals surface area contributed by atoms with Crippen molar-refractivity contribution in [2.24, 2.45) is 0 Å². The lowest BCUT2D eigenvalue weighted by molar-refractivity contribution is -0.130. The molecule has 0 unspecified atom stereocenters. The number of anilines is 1. The summed E-state index contributed by atoms with van der Waals surface area (Å²) in [5.74, 6) is -0.287. The van der Waals surface area contributed by atoms with E-state index in [0.717, 1.165) is 5.56 Å². The minimum atomic E-state index is -0.344. The van der Waals surface area contributed by atoms with Gasteiger partial charge in [-0.25, -0.2) is 4.79 Å². The zero-order valence-electron chi connectivity index (χ0n) is 17.7. The van der Waals surface area contributed by atoms with Crippen LogP contribution >= 0.6 is 0 Å². The standard InChI is InChI=1S/C23H28N4O4/c1-2-31-23(30)27-14-12-26(13-15-27)21(28)17-24-20-11-7-6-10-19(20)22(29)25-16-18-8-4-3-5-9-18/h3-11,24H,2,12-17H2,1H3,(H,25,29). The summed E-state index contributed by atoms with van der Waals surface area (Å²) in [6.45, 7) is 4.41. The molecule has 0 saturated carbocycles. The summed E-state index contributed by atoms with van der Waals surface area (Å²) in [5, 5.41) is 6.00. The largest absolute Gasteiger partial charge is 0.450 e. The molecular formula is C23H28N4O4. The number of nitrogens with zero attached hydrogens (tertiary/aromatic N) is 2. The van der Waals surface area contributed by atoms with Crippen LogP contribution in [0.3, 0.4) is 0 Å². The molecule has 8 heteroatoms. The van der Waals surface area contributed by atoms with E-state index >= 15 is 0 Å². The van der Waals surface area contributed by atoms with Crippen molar-refractivity contribution in [3.8, 4) is 0 Å². The molecule has 3 amide bonds. The Morgan fingerprint density at radius 1 is 0.903 bits per heavy atom. The summed E-state index contributed by atoms with van der Waals surface area (Å²) in [7, 11) is 0. The van der Waals surface area contributed by atoms with Crippen LogP contribution in [0.5, 0.6) is 0 Å². The number of carbonyl (C=O) groups excluding carboxylic acids is 3. The first-order valence-electron chi connectivity index (χ1n) is 10.4. The second-order valence-electron chi connectivity index (χ2n) is 7.13. The van der Waals surface area contributed by atoms with Gasteiger partial charge in [-0.15, -0.1) is 0 Å². The molecule has 0 aromatic heterocycles. The third kappa shape index (κ3) is 6.21. The van der Waals surface area contributed by atoms with Gasteiger partial charge in [0, 0.05) is 38.4 Å². The number of benzene rings is 2. The molecule has 1 saturated heterocycles. The van der Waals surface area contributed by atoms with Crippen LogP contribution in [0.1, 0.15) is 22.8 Å². The Morgan fingerprint density at radius 3 is 2.26 bits per heavy atom. The number of hydrogen-bond acceptors (Lipinski definition) is 5. The maximum Gasteiger partial charge on any atom is 0.409 e. The fourth-order valence-corrected chi connectivity index (χ4v) is 3.34. The summed E-state index contributed by atoms with van der Waals surface area (Å²) in [6, 6.07) is 16.8.